The number of nitrogens with zero attached hydrogens (tertiary/aromatic N) is 1. The summed E-state index contributed by atoms with van der Waals surface area (Å²) in [6.45, 7) is 2.22. The zero-order valence-corrected chi connectivity index (χ0v) is 11.1. The number of para-hydroxylation sites is 1. The van der Waals surface area contributed by atoms with Crippen molar-refractivity contribution in [3.05, 3.63) is 35.5 Å². The molecule has 3 heterocycles. The van der Waals surface area contributed by atoms with Gasteiger partial charge in [-0.2, -0.15) is 0 Å². The monoisotopic (exact) mass is 269 g/mol. The number of fused-ring (bicyclic) bond motifs is 4. The van der Waals surface area contributed by atoms with E-state index in [0.29, 0.717) is 13.0 Å². The van der Waals surface area contributed by atoms with Gasteiger partial charge in [0.05, 0.1) is 6.54 Å². The fourth-order valence-electron chi connectivity index (χ4n) is 3.29. The molecule has 20 heavy (non-hydrogen) atoms. The topological polar surface area (TPSA) is 65.2 Å². The van der Waals surface area contributed by atoms with Gasteiger partial charge in [0.25, 0.3) is 0 Å². The van der Waals surface area contributed by atoms with Crippen LogP contribution in [-0.2, 0) is 22.6 Å². The first kappa shape index (κ1) is 11.5. The van der Waals surface area contributed by atoms with Crippen molar-refractivity contribution in [1.29, 1.82) is 0 Å². The Labute approximate surface area is 115 Å². The number of hydrogen-bond acceptors (Lipinski definition) is 2. The number of carbonyl (C=O) groups is 2. The lowest BCUT2D eigenvalue weighted by Crippen LogP contribution is -2.63. The maximum absolute atomic E-state index is 12.2. The zero-order valence-electron chi connectivity index (χ0n) is 11.1. The molecule has 2 atom stereocenters. The molecule has 1 aromatic carbocycles. The van der Waals surface area contributed by atoms with Crippen molar-refractivity contribution >= 4 is 22.7 Å². The maximum atomic E-state index is 12.2. The van der Waals surface area contributed by atoms with Crippen molar-refractivity contribution in [2.75, 3.05) is 0 Å². The number of hydrogen-bond donors (Lipinski definition) is 2. The minimum absolute atomic E-state index is 0.00101. The molecular weight excluding hydrogens is 254 g/mol. The Morgan fingerprint density at radius 2 is 2.05 bits per heavy atom. The predicted molar refractivity (Wildman–Crippen MR) is 73.9 cm³/mol. The van der Waals surface area contributed by atoms with Crippen LogP contribution in [0.25, 0.3) is 10.9 Å². The van der Waals surface area contributed by atoms with Crippen LogP contribution >= 0.6 is 0 Å². The Morgan fingerprint density at radius 1 is 1.25 bits per heavy atom. The maximum Gasteiger partial charge on any atom is 0.245 e. The first-order valence-electron chi connectivity index (χ1n) is 6.84. The third-order valence-corrected chi connectivity index (χ3v) is 4.32. The van der Waals surface area contributed by atoms with Gasteiger partial charge >= 0.3 is 0 Å². The molecule has 0 unspecified atom stereocenters. The van der Waals surface area contributed by atoms with Gasteiger partial charge in [0.15, 0.2) is 0 Å². The summed E-state index contributed by atoms with van der Waals surface area (Å²) in [4.78, 5) is 29.4. The van der Waals surface area contributed by atoms with Crippen molar-refractivity contribution in [2.45, 2.75) is 32.0 Å². The van der Waals surface area contributed by atoms with Crippen LogP contribution in [-0.4, -0.2) is 33.8 Å². The number of nitrogens with one attached hydrogen (secondary N) is 2. The third-order valence-electron chi connectivity index (χ3n) is 4.32. The van der Waals surface area contributed by atoms with E-state index in [1.807, 2.05) is 18.2 Å². The molecule has 0 saturated carbocycles. The molecule has 5 nitrogen and oxygen atoms in total. The van der Waals surface area contributed by atoms with Gasteiger partial charge in [-0.1, -0.05) is 18.2 Å². The molecule has 0 bridgehead atoms. The molecule has 0 aliphatic carbocycles. The minimum atomic E-state index is -0.426. The molecule has 1 aromatic heterocycles. The molecule has 1 saturated heterocycles. The second-order valence-corrected chi connectivity index (χ2v) is 5.54. The van der Waals surface area contributed by atoms with Gasteiger partial charge < -0.3 is 15.2 Å². The van der Waals surface area contributed by atoms with Gasteiger partial charge in [-0.25, -0.2) is 0 Å². The summed E-state index contributed by atoms with van der Waals surface area (Å²) in [6.07, 6.45) is 0.587. The van der Waals surface area contributed by atoms with Gasteiger partial charge in [-0.3, -0.25) is 9.59 Å². The smallest absolute Gasteiger partial charge is 0.245 e. The second-order valence-electron chi connectivity index (χ2n) is 5.54. The largest absolute Gasteiger partial charge is 0.357 e. The summed E-state index contributed by atoms with van der Waals surface area (Å²) in [5, 5.41) is 3.91. The summed E-state index contributed by atoms with van der Waals surface area (Å²) in [6, 6.07) is 7.27. The molecule has 2 N–H and O–H groups in total. The molecule has 2 amide bonds. The highest BCUT2D eigenvalue weighted by Gasteiger charge is 2.42. The lowest BCUT2D eigenvalue weighted by Gasteiger charge is -2.40. The lowest BCUT2D eigenvalue weighted by molar-refractivity contribution is -0.150. The number of H-pyrrole nitrogens is 1. The van der Waals surface area contributed by atoms with Crippen LogP contribution in [0, 0.1) is 0 Å². The number of amides is 2. The standard InChI is InChI=1S/C15H15N3O2/c1-8-15(20)18-7-12-10(6-13(18)14(19)16-8)9-4-2-3-5-11(9)17-12/h2-5,8,13,17H,6-7H2,1H3,(H,16,19)/t8-,13+/m1/s1. The van der Waals surface area contributed by atoms with Crippen molar-refractivity contribution in [2.24, 2.45) is 0 Å². The SMILES string of the molecule is C[C@H]1NC(=O)[C@@H]2Cc3c([nH]c4ccccc34)CN2C1=O. The van der Waals surface area contributed by atoms with Crippen molar-refractivity contribution in [1.82, 2.24) is 15.2 Å². The summed E-state index contributed by atoms with van der Waals surface area (Å²) >= 11 is 0. The first-order chi connectivity index (χ1) is 9.65. The van der Waals surface area contributed by atoms with E-state index in [1.165, 1.54) is 5.56 Å². The first-order valence-corrected chi connectivity index (χ1v) is 6.84. The Kier molecular flexibility index (Phi) is 2.22. The quantitative estimate of drug-likeness (QED) is 0.747. The van der Waals surface area contributed by atoms with Crippen LogP contribution in [0.2, 0.25) is 0 Å². The van der Waals surface area contributed by atoms with Crippen LogP contribution in [0.3, 0.4) is 0 Å². The van der Waals surface area contributed by atoms with Gasteiger partial charge in [0.1, 0.15) is 12.1 Å². The molecule has 4 rings (SSSR count). The highest BCUT2D eigenvalue weighted by Crippen LogP contribution is 2.31. The van der Waals surface area contributed by atoms with E-state index in [2.05, 4.69) is 16.4 Å². The Morgan fingerprint density at radius 3 is 2.90 bits per heavy atom. The number of aromatic amines is 1. The zero-order chi connectivity index (χ0) is 13.9. The lowest BCUT2D eigenvalue weighted by atomic mass is 9.93. The fraction of sp³-hybridized carbons (Fsp3) is 0.333. The van der Waals surface area contributed by atoms with Crippen LogP contribution in [0.4, 0.5) is 0 Å². The molecule has 102 valence electrons. The number of benzene rings is 1. The molecule has 2 aliphatic heterocycles. The van der Waals surface area contributed by atoms with E-state index in [4.69, 9.17) is 0 Å². The number of rotatable bonds is 0. The number of aromatic nitrogens is 1. The van der Waals surface area contributed by atoms with Crippen molar-refractivity contribution in [3.8, 4) is 0 Å². The summed E-state index contributed by atoms with van der Waals surface area (Å²) in [5.74, 6) is -0.0491. The second kappa shape index (κ2) is 3.85. The normalized spacial score (nSPS) is 25.4. The Bertz CT molecular complexity index is 734. The molecule has 2 aliphatic rings. The molecule has 5 heteroatoms. The van der Waals surface area contributed by atoms with E-state index < -0.39 is 6.04 Å². The summed E-state index contributed by atoms with van der Waals surface area (Å²) in [7, 11) is 0. The molecule has 2 aromatic rings. The van der Waals surface area contributed by atoms with Gasteiger partial charge in [-0.05, 0) is 18.6 Å². The van der Waals surface area contributed by atoms with Gasteiger partial charge in [0.2, 0.25) is 11.8 Å². The number of piperazine rings is 1. The van der Waals surface area contributed by atoms with E-state index >= 15 is 0 Å². The van der Waals surface area contributed by atoms with Gasteiger partial charge in [-0.15, -0.1) is 0 Å². The summed E-state index contributed by atoms with van der Waals surface area (Å²) in [5.41, 5.74) is 3.29. The van der Waals surface area contributed by atoms with Crippen LogP contribution < -0.4 is 5.32 Å². The summed E-state index contributed by atoms with van der Waals surface area (Å²) < 4.78 is 0. The number of carbonyl (C=O) groups excluding carboxylic acids is 2. The predicted octanol–water partition coefficient (Wildman–Crippen LogP) is 0.940. The highest BCUT2D eigenvalue weighted by atomic mass is 16.2. The van der Waals surface area contributed by atoms with Crippen LogP contribution in [0.1, 0.15) is 18.2 Å². The van der Waals surface area contributed by atoms with Crippen LogP contribution in [0.5, 0.6) is 0 Å². The van der Waals surface area contributed by atoms with E-state index in [-0.39, 0.29) is 17.9 Å². The molecule has 0 radical (unpaired) electrons. The molecule has 0 spiro atoms. The highest BCUT2D eigenvalue weighted by molar-refractivity contribution is 5.98. The Hall–Kier alpha value is -2.30. The molecule has 1 fully saturated rings. The van der Waals surface area contributed by atoms with E-state index in [9.17, 15) is 9.59 Å². The minimum Gasteiger partial charge on any atom is -0.357 e. The Balaban J connectivity index is 1.84. The fourth-order valence-corrected chi connectivity index (χ4v) is 3.29. The van der Waals surface area contributed by atoms with Crippen molar-refractivity contribution in [3.63, 3.8) is 0 Å². The third kappa shape index (κ3) is 1.43. The van der Waals surface area contributed by atoms with Crippen molar-refractivity contribution < 1.29 is 9.59 Å². The van der Waals surface area contributed by atoms with E-state index in [1.54, 1.807) is 11.8 Å². The van der Waals surface area contributed by atoms with Gasteiger partial charge in [0, 0.05) is 23.0 Å². The average Bonchev–Trinajstić information content (AvgIpc) is 2.81. The average molecular weight is 269 g/mol. The molecular formula is C15H15N3O2. The van der Waals surface area contributed by atoms with Crippen LogP contribution in [0.15, 0.2) is 24.3 Å². The van der Waals surface area contributed by atoms with E-state index in [0.717, 1.165) is 16.6 Å².